The van der Waals surface area contributed by atoms with Gasteiger partial charge in [-0.2, -0.15) is 0 Å². The number of rotatable bonds is 7. The molecule has 0 aromatic rings. The van der Waals surface area contributed by atoms with Crippen molar-refractivity contribution in [2.24, 2.45) is 15.3 Å². The molecule has 0 spiro atoms. The molecule has 0 aromatic carbocycles. The SMILES string of the molecule is [N-]=[N+]=NC1CC(N=[N+]=[N-])[C@@H](O[C@H]2OC([C@@H](O)CO)[C@@H](O)C(O)C2N=[N+]=[N-])C(O)C1O. The molecule has 1 saturated heterocycles. The maximum Gasteiger partial charge on any atom is 0.169 e. The first-order chi connectivity index (χ1) is 14.3. The minimum Gasteiger partial charge on any atom is -0.394 e. The maximum atomic E-state index is 10.4. The fourth-order valence-corrected chi connectivity index (χ4v) is 3.45. The molecule has 1 heterocycles. The van der Waals surface area contributed by atoms with Crippen molar-refractivity contribution in [3.63, 3.8) is 0 Å². The van der Waals surface area contributed by atoms with Crippen molar-refractivity contribution >= 4 is 0 Å². The first-order valence-electron chi connectivity index (χ1n) is 8.75. The number of aliphatic hydroxyl groups excluding tert-OH is 6. The molecule has 2 fully saturated rings. The van der Waals surface area contributed by atoms with Crippen LogP contribution in [0.3, 0.4) is 0 Å². The van der Waals surface area contributed by atoms with Gasteiger partial charge in [-0.15, -0.1) is 0 Å². The van der Waals surface area contributed by atoms with E-state index in [4.69, 9.17) is 31.2 Å². The Balaban J connectivity index is 2.34. The second-order valence-electron chi connectivity index (χ2n) is 6.76. The smallest absolute Gasteiger partial charge is 0.169 e. The number of hydrogen-bond acceptors (Lipinski definition) is 11. The Morgan fingerprint density at radius 2 is 1.50 bits per heavy atom. The average Bonchev–Trinajstić information content (AvgIpc) is 2.73. The van der Waals surface area contributed by atoms with Crippen LogP contribution in [-0.2, 0) is 9.47 Å². The van der Waals surface area contributed by atoms with Gasteiger partial charge in [0.2, 0.25) is 0 Å². The minimum atomic E-state index is -1.79. The van der Waals surface area contributed by atoms with Gasteiger partial charge < -0.3 is 40.1 Å². The van der Waals surface area contributed by atoms with Crippen LogP contribution >= 0.6 is 0 Å². The Kier molecular flexibility index (Phi) is 8.43. The van der Waals surface area contributed by atoms with Gasteiger partial charge in [-0.05, 0) is 23.0 Å². The van der Waals surface area contributed by atoms with Crippen molar-refractivity contribution < 1.29 is 40.1 Å². The van der Waals surface area contributed by atoms with E-state index in [0.717, 1.165) is 0 Å². The van der Waals surface area contributed by atoms with E-state index in [2.05, 4.69) is 30.1 Å². The van der Waals surface area contributed by atoms with E-state index in [-0.39, 0.29) is 6.42 Å². The molecular weight excluding hydrogens is 410 g/mol. The second-order valence-corrected chi connectivity index (χ2v) is 6.76. The molecule has 2 aliphatic rings. The minimum absolute atomic E-state index is 0.205. The fourth-order valence-electron chi connectivity index (χ4n) is 3.45. The Morgan fingerprint density at radius 3 is 2.07 bits per heavy atom. The van der Waals surface area contributed by atoms with Gasteiger partial charge in [0.15, 0.2) is 6.29 Å². The van der Waals surface area contributed by atoms with Crippen LogP contribution in [-0.4, -0.2) is 104 Å². The molecule has 0 bridgehead atoms. The Morgan fingerprint density at radius 1 is 0.900 bits per heavy atom. The van der Waals surface area contributed by atoms with Crippen molar-refractivity contribution in [2.75, 3.05) is 6.61 Å². The van der Waals surface area contributed by atoms with Gasteiger partial charge in [0.1, 0.15) is 30.5 Å². The lowest BCUT2D eigenvalue weighted by atomic mass is 9.84. The zero-order valence-electron chi connectivity index (χ0n) is 15.3. The Bertz CT molecular complexity index is 740. The summed E-state index contributed by atoms with van der Waals surface area (Å²) in [7, 11) is 0. The van der Waals surface area contributed by atoms with Crippen LogP contribution < -0.4 is 0 Å². The summed E-state index contributed by atoms with van der Waals surface area (Å²) < 4.78 is 10.9. The number of hydrogen-bond donors (Lipinski definition) is 6. The van der Waals surface area contributed by atoms with Crippen LogP contribution in [0.15, 0.2) is 15.3 Å². The number of nitrogens with zero attached hydrogens (tertiary/aromatic N) is 9. The number of ether oxygens (including phenoxy) is 2. The Hall–Kier alpha value is -2.39. The summed E-state index contributed by atoms with van der Waals surface area (Å²) in [5.74, 6) is 0. The van der Waals surface area contributed by atoms with Gasteiger partial charge in [-0.3, -0.25) is 0 Å². The molecule has 7 unspecified atom stereocenters. The largest absolute Gasteiger partial charge is 0.394 e. The highest BCUT2D eigenvalue weighted by Gasteiger charge is 2.51. The van der Waals surface area contributed by atoms with Crippen LogP contribution in [0.5, 0.6) is 0 Å². The maximum absolute atomic E-state index is 10.4. The lowest BCUT2D eigenvalue weighted by Gasteiger charge is -2.46. The molecule has 0 aromatic heterocycles. The summed E-state index contributed by atoms with van der Waals surface area (Å²) in [4.78, 5) is 7.72. The van der Waals surface area contributed by atoms with E-state index in [0.29, 0.717) is 0 Å². The standard InChI is InChI=1S/C13H21N9O8/c14-20-17-3-1-4(18-21-15)11(9(27)7(3)25)29-13-6(19-22-16)8(26)10(28)12(30-13)5(24)2-23/h3-13,23-28H,1-2H2/t3?,4?,5-,6?,7?,8?,9?,10-,11+,12?,13-/m0/s1. The van der Waals surface area contributed by atoms with Gasteiger partial charge >= 0.3 is 0 Å². The van der Waals surface area contributed by atoms with E-state index in [9.17, 15) is 25.5 Å². The van der Waals surface area contributed by atoms with Crippen LogP contribution in [0.2, 0.25) is 0 Å². The van der Waals surface area contributed by atoms with E-state index < -0.39 is 73.8 Å². The van der Waals surface area contributed by atoms with Crippen molar-refractivity contribution in [3.8, 4) is 0 Å². The fraction of sp³-hybridized carbons (Fsp3) is 1.00. The van der Waals surface area contributed by atoms with Gasteiger partial charge in [0.25, 0.3) is 0 Å². The lowest BCUT2D eigenvalue weighted by molar-refractivity contribution is -0.303. The highest BCUT2D eigenvalue weighted by molar-refractivity contribution is 5.02. The Labute approximate surface area is 168 Å². The zero-order valence-corrected chi connectivity index (χ0v) is 15.3. The highest BCUT2D eigenvalue weighted by atomic mass is 16.7. The zero-order chi connectivity index (χ0) is 22.4. The molecule has 1 aliphatic heterocycles. The number of aliphatic hydroxyl groups is 6. The molecule has 0 amide bonds. The summed E-state index contributed by atoms with van der Waals surface area (Å²) in [5.41, 5.74) is 26.1. The quantitative estimate of drug-likeness (QED) is 0.153. The van der Waals surface area contributed by atoms with Gasteiger partial charge in [-0.1, -0.05) is 15.3 Å². The molecule has 11 atom stereocenters. The van der Waals surface area contributed by atoms with Crippen molar-refractivity contribution in [1.29, 1.82) is 0 Å². The second kappa shape index (κ2) is 10.6. The average molecular weight is 431 g/mol. The molecule has 30 heavy (non-hydrogen) atoms. The van der Waals surface area contributed by atoms with Gasteiger partial charge in [0.05, 0.1) is 37.0 Å². The molecular formula is C13H21N9O8. The summed E-state index contributed by atoms with van der Waals surface area (Å²) in [6, 6.07) is -3.85. The lowest BCUT2D eigenvalue weighted by Crippen LogP contribution is -2.64. The molecule has 6 N–H and O–H groups in total. The van der Waals surface area contributed by atoms with Gasteiger partial charge in [-0.25, -0.2) is 0 Å². The molecule has 1 aliphatic carbocycles. The summed E-state index contributed by atoms with van der Waals surface area (Å²) in [5, 5.41) is 70.0. The monoisotopic (exact) mass is 431 g/mol. The third-order valence-electron chi connectivity index (χ3n) is 4.99. The summed E-state index contributed by atoms with van der Waals surface area (Å²) in [6.07, 6.45) is -13.4. The van der Waals surface area contributed by atoms with Crippen LogP contribution in [0.4, 0.5) is 0 Å². The normalized spacial score (nSPS) is 42.2. The molecule has 17 nitrogen and oxygen atoms in total. The predicted octanol–water partition coefficient (Wildman–Crippen LogP) is -1.67. The molecule has 1 saturated carbocycles. The predicted molar refractivity (Wildman–Crippen MR) is 94.1 cm³/mol. The van der Waals surface area contributed by atoms with E-state index in [1.165, 1.54) is 0 Å². The first-order valence-corrected chi connectivity index (χ1v) is 8.75. The third kappa shape index (κ3) is 4.84. The van der Waals surface area contributed by atoms with Crippen molar-refractivity contribution in [1.82, 2.24) is 0 Å². The van der Waals surface area contributed by atoms with E-state index >= 15 is 0 Å². The summed E-state index contributed by atoms with van der Waals surface area (Å²) >= 11 is 0. The molecule has 166 valence electrons. The molecule has 17 heteroatoms. The molecule has 2 rings (SSSR count). The van der Waals surface area contributed by atoms with Gasteiger partial charge in [0, 0.05) is 14.7 Å². The summed E-state index contributed by atoms with van der Waals surface area (Å²) in [6.45, 7) is -0.840. The number of azide groups is 3. The topological polar surface area (TPSA) is 286 Å². The first kappa shape index (κ1) is 23.9. The van der Waals surface area contributed by atoms with Crippen LogP contribution in [0.1, 0.15) is 6.42 Å². The molecule has 0 radical (unpaired) electrons. The third-order valence-corrected chi connectivity index (χ3v) is 4.99. The highest BCUT2D eigenvalue weighted by Crippen LogP contribution is 2.33. The van der Waals surface area contributed by atoms with E-state index in [1.54, 1.807) is 0 Å². The van der Waals surface area contributed by atoms with Crippen molar-refractivity contribution in [3.05, 3.63) is 31.3 Å². The van der Waals surface area contributed by atoms with Crippen LogP contribution in [0.25, 0.3) is 31.3 Å². The van der Waals surface area contributed by atoms with E-state index in [1.807, 2.05) is 0 Å². The van der Waals surface area contributed by atoms with Crippen molar-refractivity contribution in [2.45, 2.75) is 73.6 Å². The van der Waals surface area contributed by atoms with Crippen LogP contribution in [0, 0.1) is 0 Å².